The fourth-order valence-corrected chi connectivity index (χ4v) is 0.872. The molecule has 0 radical (unpaired) electrons. The molecule has 2 atom stereocenters. The second kappa shape index (κ2) is 5.65. The van der Waals surface area contributed by atoms with E-state index in [4.69, 9.17) is 9.84 Å². The maximum Gasteiger partial charge on any atom is 0.0665 e. The minimum absolute atomic E-state index is 0.153. The minimum atomic E-state index is -0.305. The number of aliphatic hydroxyl groups excluding tert-OH is 1. The molecule has 0 saturated carbocycles. The SMILES string of the molecule is CNC(CCOC)[C@@H](C)O. The van der Waals surface area contributed by atoms with E-state index in [1.165, 1.54) is 0 Å². The Morgan fingerprint density at radius 1 is 1.60 bits per heavy atom. The van der Waals surface area contributed by atoms with Gasteiger partial charge in [0.1, 0.15) is 0 Å². The fraction of sp³-hybridized carbons (Fsp3) is 1.00. The maximum absolute atomic E-state index is 9.12. The van der Waals surface area contributed by atoms with Gasteiger partial charge in [-0.1, -0.05) is 0 Å². The van der Waals surface area contributed by atoms with Crippen LogP contribution in [0.2, 0.25) is 0 Å². The topological polar surface area (TPSA) is 41.5 Å². The van der Waals surface area contributed by atoms with Crippen molar-refractivity contribution < 1.29 is 9.84 Å². The van der Waals surface area contributed by atoms with E-state index in [0.717, 1.165) is 6.42 Å². The summed E-state index contributed by atoms with van der Waals surface area (Å²) < 4.78 is 4.87. The zero-order chi connectivity index (χ0) is 7.98. The van der Waals surface area contributed by atoms with Crippen molar-refractivity contribution in [1.82, 2.24) is 5.32 Å². The smallest absolute Gasteiger partial charge is 0.0665 e. The molecule has 0 fully saturated rings. The zero-order valence-corrected chi connectivity index (χ0v) is 6.92. The first-order valence-corrected chi connectivity index (χ1v) is 3.56. The Morgan fingerprint density at radius 2 is 2.20 bits per heavy atom. The number of rotatable bonds is 5. The molecule has 0 aliphatic carbocycles. The molecule has 0 aromatic carbocycles. The van der Waals surface area contributed by atoms with Gasteiger partial charge in [-0.15, -0.1) is 0 Å². The van der Waals surface area contributed by atoms with Gasteiger partial charge >= 0.3 is 0 Å². The Hall–Kier alpha value is -0.120. The summed E-state index contributed by atoms with van der Waals surface area (Å²) in [7, 11) is 3.50. The third kappa shape index (κ3) is 3.82. The summed E-state index contributed by atoms with van der Waals surface area (Å²) in [6, 6.07) is 0.153. The molecule has 0 aromatic heterocycles. The van der Waals surface area contributed by atoms with E-state index in [-0.39, 0.29) is 12.1 Å². The summed E-state index contributed by atoms with van der Waals surface area (Å²) in [4.78, 5) is 0. The second-order valence-electron chi connectivity index (χ2n) is 2.42. The molecule has 10 heavy (non-hydrogen) atoms. The summed E-state index contributed by atoms with van der Waals surface area (Å²) >= 11 is 0. The first-order chi connectivity index (χ1) is 4.72. The van der Waals surface area contributed by atoms with Gasteiger partial charge in [0, 0.05) is 19.8 Å². The van der Waals surface area contributed by atoms with Crippen LogP contribution in [0.15, 0.2) is 0 Å². The Bertz CT molecular complexity index is 76.0. The molecular formula is C7H17NO2. The number of nitrogens with one attached hydrogen (secondary N) is 1. The highest BCUT2D eigenvalue weighted by atomic mass is 16.5. The van der Waals surface area contributed by atoms with E-state index in [1.807, 2.05) is 7.05 Å². The predicted molar refractivity (Wildman–Crippen MR) is 41.0 cm³/mol. The van der Waals surface area contributed by atoms with Crippen molar-refractivity contribution in [3.05, 3.63) is 0 Å². The number of ether oxygens (including phenoxy) is 1. The van der Waals surface area contributed by atoms with Crippen LogP contribution in [0, 0.1) is 0 Å². The molecular weight excluding hydrogens is 130 g/mol. The van der Waals surface area contributed by atoms with Gasteiger partial charge in [0.2, 0.25) is 0 Å². The molecule has 3 heteroatoms. The monoisotopic (exact) mass is 147 g/mol. The summed E-state index contributed by atoms with van der Waals surface area (Å²) in [5.74, 6) is 0. The van der Waals surface area contributed by atoms with Crippen molar-refractivity contribution in [1.29, 1.82) is 0 Å². The largest absolute Gasteiger partial charge is 0.392 e. The molecule has 1 unspecified atom stereocenters. The van der Waals surface area contributed by atoms with Crippen LogP contribution in [0.25, 0.3) is 0 Å². The average molecular weight is 147 g/mol. The maximum atomic E-state index is 9.12. The number of likely N-dealkylation sites (N-methyl/N-ethyl adjacent to an activating group) is 1. The molecule has 0 aromatic rings. The summed E-state index contributed by atoms with van der Waals surface area (Å²) in [5.41, 5.74) is 0. The molecule has 0 rings (SSSR count). The third-order valence-corrected chi connectivity index (χ3v) is 1.59. The number of hydrogen-bond donors (Lipinski definition) is 2. The second-order valence-corrected chi connectivity index (χ2v) is 2.42. The first-order valence-electron chi connectivity index (χ1n) is 3.56. The van der Waals surface area contributed by atoms with Gasteiger partial charge in [0.15, 0.2) is 0 Å². The Morgan fingerprint density at radius 3 is 2.50 bits per heavy atom. The van der Waals surface area contributed by atoms with Crippen LogP contribution in [0.4, 0.5) is 0 Å². The van der Waals surface area contributed by atoms with Crippen molar-refractivity contribution in [2.24, 2.45) is 0 Å². The lowest BCUT2D eigenvalue weighted by atomic mass is 10.1. The van der Waals surface area contributed by atoms with Gasteiger partial charge in [0.25, 0.3) is 0 Å². The lowest BCUT2D eigenvalue weighted by Gasteiger charge is -2.17. The quantitative estimate of drug-likeness (QED) is 0.575. The Labute approximate surface area is 62.4 Å². The van der Waals surface area contributed by atoms with Crippen molar-refractivity contribution in [3.8, 4) is 0 Å². The normalized spacial score (nSPS) is 16.8. The molecule has 62 valence electrons. The van der Waals surface area contributed by atoms with Crippen molar-refractivity contribution in [2.75, 3.05) is 20.8 Å². The van der Waals surface area contributed by atoms with Gasteiger partial charge in [-0.2, -0.15) is 0 Å². The number of methoxy groups -OCH3 is 1. The van der Waals surface area contributed by atoms with E-state index < -0.39 is 0 Å². The standard InChI is InChI=1S/C7H17NO2/c1-6(9)7(8-2)4-5-10-3/h6-9H,4-5H2,1-3H3/t6-,7?/m1/s1. The molecule has 0 spiro atoms. The molecule has 0 aliphatic heterocycles. The predicted octanol–water partition coefficient (Wildman–Crippen LogP) is -0.00830. The van der Waals surface area contributed by atoms with E-state index >= 15 is 0 Å². The van der Waals surface area contributed by atoms with Crippen LogP contribution in [0.1, 0.15) is 13.3 Å². The van der Waals surface area contributed by atoms with Crippen LogP contribution in [0.3, 0.4) is 0 Å². The summed E-state index contributed by atoms with van der Waals surface area (Å²) in [6.07, 6.45) is 0.546. The highest BCUT2D eigenvalue weighted by Crippen LogP contribution is 1.97. The van der Waals surface area contributed by atoms with E-state index in [1.54, 1.807) is 14.0 Å². The molecule has 0 heterocycles. The summed E-state index contributed by atoms with van der Waals surface area (Å²) in [6.45, 7) is 2.47. The molecule has 2 N–H and O–H groups in total. The molecule has 3 nitrogen and oxygen atoms in total. The van der Waals surface area contributed by atoms with Crippen LogP contribution >= 0.6 is 0 Å². The van der Waals surface area contributed by atoms with Crippen LogP contribution in [-0.2, 0) is 4.74 Å². The highest BCUT2D eigenvalue weighted by molar-refractivity contribution is 4.69. The van der Waals surface area contributed by atoms with Gasteiger partial charge < -0.3 is 15.2 Å². The van der Waals surface area contributed by atoms with Crippen molar-refractivity contribution in [2.45, 2.75) is 25.5 Å². The van der Waals surface area contributed by atoms with Gasteiger partial charge in [-0.25, -0.2) is 0 Å². The third-order valence-electron chi connectivity index (χ3n) is 1.59. The average Bonchev–Trinajstić information content (AvgIpc) is 1.89. The van der Waals surface area contributed by atoms with Crippen LogP contribution in [0.5, 0.6) is 0 Å². The fourth-order valence-electron chi connectivity index (χ4n) is 0.872. The first kappa shape index (κ1) is 9.88. The Balaban J connectivity index is 3.40. The van der Waals surface area contributed by atoms with Crippen LogP contribution in [-0.4, -0.2) is 38.0 Å². The van der Waals surface area contributed by atoms with Gasteiger partial charge in [0.05, 0.1) is 6.10 Å². The van der Waals surface area contributed by atoms with Crippen molar-refractivity contribution >= 4 is 0 Å². The lowest BCUT2D eigenvalue weighted by Crippen LogP contribution is -2.36. The van der Waals surface area contributed by atoms with E-state index in [2.05, 4.69) is 5.32 Å². The molecule has 0 saturated heterocycles. The van der Waals surface area contributed by atoms with E-state index in [9.17, 15) is 0 Å². The molecule has 0 aliphatic rings. The summed E-state index contributed by atoms with van der Waals surface area (Å²) in [5, 5.41) is 12.1. The number of aliphatic hydroxyl groups is 1. The lowest BCUT2D eigenvalue weighted by molar-refractivity contribution is 0.115. The minimum Gasteiger partial charge on any atom is -0.392 e. The highest BCUT2D eigenvalue weighted by Gasteiger charge is 2.10. The molecule has 0 amide bonds. The number of hydrogen-bond acceptors (Lipinski definition) is 3. The Kier molecular flexibility index (Phi) is 5.58. The molecule has 0 bridgehead atoms. The van der Waals surface area contributed by atoms with Gasteiger partial charge in [-0.05, 0) is 20.4 Å². The van der Waals surface area contributed by atoms with Gasteiger partial charge in [-0.3, -0.25) is 0 Å². The van der Waals surface area contributed by atoms with E-state index in [0.29, 0.717) is 6.61 Å². The van der Waals surface area contributed by atoms with Crippen molar-refractivity contribution in [3.63, 3.8) is 0 Å². The zero-order valence-electron chi connectivity index (χ0n) is 6.92. The van der Waals surface area contributed by atoms with Crippen LogP contribution < -0.4 is 5.32 Å².